The van der Waals surface area contributed by atoms with Crippen LogP contribution in [0.2, 0.25) is 0 Å². The molecule has 1 heterocycles. The zero-order valence-corrected chi connectivity index (χ0v) is 8.27. The Balaban J connectivity index is 2.52. The summed E-state index contributed by atoms with van der Waals surface area (Å²) in [6.07, 6.45) is 0.608. The summed E-state index contributed by atoms with van der Waals surface area (Å²) in [5.74, 6) is -0.534. The Morgan fingerprint density at radius 2 is 2.33 bits per heavy atom. The van der Waals surface area contributed by atoms with Crippen LogP contribution in [-0.2, 0) is 11.2 Å². The first-order valence-corrected chi connectivity index (χ1v) is 4.69. The van der Waals surface area contributed by atoms with Crippen molar-refractivity contribution < 1.29 is 10.0 Å². The number of anilines is 1. The van der Waals surface area contributed by atoms with Crippen molar-refractivity contribution in [3.05, 3.63) is 29.3 Å². The first kappa shape index (κ1) is 9.69. The van der Waals surface area contributed by atoms with Gasteiger partial charge in [-0.2, -0.15) is 10.3 Å². The molecule has 1 aliphatic heterocycles. The molecule has 1 amide bonds. The molecule has 1 atom stereocenters. The van der Waals surface area contributed by atoms with Gasteiger partial charge in [-0.15, -0.1) is 0 Å². The van der Waals surface area contributed by atoms with Crippen molar-refractivity contribution in [3.63, 3.8) is 0 Å². The Hall–Kier alpha value is -1.86. The third-order valence-electron chi connectivity index (χ3n) is 2.60. The van der Waals surface area contributed by atoms with E-state index in [1.165, 1.54) is 6.07 Å². The zero-order valence-electron chi connectivity index (χ0n) is 8.27. The fourth-order valence-electron chi connectivity index (χ4n) is 1.75. The van der Waals surface area contributed by atoms with E-state index in [9.17, 15) is 10.0 Å². The number of rotatable bonds is 0. The molecule has 0 spiro atoms. The largest absolute Gasteiger partial charge is 0.281 e. The van der Waals surface area contributed by atoms with Crippen molar-refractivity contribution in [1.29, 1.82) is 5.26 Å². The molecule has 0 bridgehead atoms. The molecule has 0 radical (unpaired) electrons. The van der Waals surface area contributed by atoms with Crippen LogP contribution in [0.15, 0.2) is 18.2 Å². The van der Waals surface area contributed by atoms with Crippen LogP contribution >= 0.6 is 0 Å². The SMILES string of the molecule is C[C@H]1Cc2ccc(C#N)cc2N(O)C1=O. The highest BCUT2D eigenvalue weighted by molar-refractivity contribution is 5.95. The summed E-state index contributed by atoms with van der Waals surface area (Å²) in [5, 5.41) is 18.9. The van der Waals surface area contributed by atoms with Gasteiger partial charge in [-0.1, -0.05) is 13.0 Å². The molecule has 0 saturated carbocycles. The zero-order chi connectivity index (χ0) is 11.0. The van der Waals surface area contributed by atoms with Crippen LogP contribution in [0.5, 0.6) is 0 Å². The highest BCUT2D eigenvalue weighted by Crippen LogP contribution is 2.29. The van der Waals surface area contributed by atoms with Crippen LogP contribution in [0.3, 0.4) is 0 Å². The molecule has 2 rings (SSSR count). The predicted molar refractivity (Wildman–Crippen MR) is 53.3 cm³/mol. The van der Waals surface area contributed by atoms with Gasteiger partial charge < -0.3 is 0 Å². The van der Waals surface area contributed by atoms with Gasteiger partial charge in [0.05, 0.1) is 17.3 Å². The normalized spacial score (nSPS) is 19.7. The molecule has 15 heavy (non-hydrogen) atoms. The van der Waals surface area contributed by atoms with E-state index in [2.05, 4.69) is 0 Å². The van der Waals surface area contributed by atoms with Crippen molar-refractivity contribution in [2.45, 2.75) is 13.3 Å². The van der Waals surface area contributed by atoms with Crippen LogP contribution in [0, 0.1) is 17.2 Å². The quantitative estimate of drug-likeness (QED) is 0.648. The smallest absolute Gasteiger partial charge is 0.253 e. The first-order chi connectivity index (χ1) is 7.13. The Morgan fingerprint density at radius 3 is 3.00 bits per heavy atom. The summed E-state index contributed by atoms with van der Waals surface area (Å²) >= 11 is 0. The van der Waals surface area contributed by atoms with Gasteiger partial charge in [-0.3, -0.25) is 10.0 Å². The van der Waals surface area contributed by atoms with E-state index in [0.717, 1.165) is 5.56 Å². The molecule has 0 aromatic heterocycles. The molecule has 76 valence electrons. The molecule has 1 N–H and O–H groups in total. The van der Waals surface area contributed by atoms with Gasteiger partial charge in [0.2, 0.25) is 0 Å². The maximum atomic E-state index is 11.5. The Kier molecular flexibility index (Phi) is 2.18. The second kappa shape index (κ2) is 3.37. The third kappa shape index (κ3) is 1.47. The van der Waals surface area contributed by atoms with E-state index in [-0.39, 0.29) is 11.8 Å². The highest BCUT2D eigenvalue weighted by Gasteiger charge is 2.29. The molecule has 1 aromatic rings. The lowest BCUT2D eigenvalue weighted by atomic mass is 9.93. The van der Waals surface area contributed by atoms with Gasteiger partial charge >= 0.3 is 0 Å². The summed E-state index contributed by atoms with van der Waals surface area (Å²) in [7, 11) is 0. The number of hydroxylamine groups is 1. The van der Waals surface area contributed by atoms with E-state index in [1.54, 1.807) is 19.1 Å². The minimum absolute atomic E-state index is 0.213. The molecular weight excluding hydrogens is 192 g/mol. The Bertz CT molecular complexity index is 462. The number of nitrogens with zero attached hydrogens (tertiary/aromatic N) is 2. The second-order valence-corrected chi connectivity index (χ2v) is 3.71. The van der Waals surface area contributed by atoms with Crippen molar-refractivity contribution in [3.8, 4) is 6.07 Å². The lowest BCUT2D eigenvalue weighted by Crippen LogP contribution is -2.37. The van der Waals surface area contributed by atoms with Crippen molar-refractivity contribution in [2.75, 3.05) is 5.06 Å². The van der Waals surface area contributed by atoms with Crippen LogP contribution in [-0.4, -0.2) is 11.1 Å². The lowest BCUT2D eigenvalue weighted by Gasteiger charge is -2.27. The second-order valence-electron chi connectivity index (χ2n) is 3.71. The van der Waals surface area contributed by atoms with Gasteiger partial charge in [0.25, 0.3) is 5.91 Å². The molecule has 1 aliphatic rings. The number of carbonyl (C=O) groups is 1. The standard InChI is InChI=1S/C11H10N2O2/c1-7-4-9-3-2-8(6-12)5-10(9)13(15)11(7)14/h2-3,5,7,15H,4H2,1H3/t7-/m0/s1. The summed E-state index contributed by atoms with van der Waals surface area (Å²) in [6.45, 7) is 1.77. The molecule has 0 unspecified atom stereocenters. The van der Waals surface area contributed by atoms with Crippen LogP contribution in [0.1, 0.15) is 18.1 Å². The number of hydrogen-bond donors (Lipinski definition) is 1. The van der Waals surface area contributed by atoms with Gasteiger partial charge in [-0.25, -0.2) is 0 Å². The fraction of sp³-hybridized carbons (Fsp3) is 0.273. The number of amides is 1. The molecule has 1 aromatic carbocycles. The summed E-state index contributed by atoms with van der Waals surface area (Å²) in [6, 6.07) is 6.97. The molecule has 4 nitrogen and oxygen atoms in total. The average molecular weight is 202 g/mol. The predicted octanol–water partition coefficient (Wildman–Crippen LogP) is 1.47. The van der Waals surface area contributed by atoms with E-state index in [1.807, 2.05) is 6.07 Å². The van der Waals surface area contributed by atoms with E-state index < -0.39 is 0 Å². The van der Waals surface area contributed by atoms with Crippen LogP contribution in [0.4, 0.5) is 5.69 Å². The number of carbonyl (C=O) groups excluding carboxylic acids is 1. The maximum Gasteiger partial charge on any atom is 0.253 e. The van der Waals surface area contributed by atoms with E-state index >= 15 is 0 Å². The summed E-state index contributed by atoms with van der Waals surface area (Å²) < 4.78 is 0. The van der Waals surface area contributed by atoms with Gasteiger partial charge in [0.1, 0.15) is 0 Å². The topological polar surface area (TPSA) is 64.3 Å². The van der Waals surface area contributed by atoms with Crippen LogP contribution < -0.4 is 5.06 Å². The van der Waals surface area contributed by atoms with Gasteiger partial charge in [0, 0.05) is 5.92 Å². The molecule has 4 heteroatoms. The number of fused-ring (bicyclic) bond motifs is 1. The Morgan fingerprint density at radius 1 is 1.60 bits per heavy atom. The number of nitriles is 1. The van der Waals surface area contributed by atoms with Gasteiger partial charge in [-0.05, 0) is 24.1 Å². The van der Waals surface area contributed by atoms with Gasteiger partial charge in [0.15, 0.2) is 0 Å². The summed E-state index contributed by atoms with van der Waals surface area (Å²) in [4.78, 5) is 11.5. The minimum Gasteiger partial charge on any atom is -0.281 e. The third-order valence-corrected chi connectivity index (χ3v) is 2.60. The Labute approximate surface area is 87.3 Å². The average Bonchev–Trinajstić information content (AvgIpc) is 2.26. The molecule has 0 fully saturated rings. The minimum atomic E-state index is -0.322. The first-order valence-electron chi connectivity index (χ1n) is 4.69. The molecular formula is C11H10N2O2. The van der Waals surface area contributed by atoms with Crippen molar-refractivity contribution in [2.24, 2.45) is 5.92 Å². The van der Waals surface area contributed by atoms with Crippen LogP contribution in [0.25, 0.3) is 0 Å². The monoisotopic (exact) mass is 202 g/mol. The molecule has 0 aliphatic carbocycles. The lowest BCUT2D eigenvalue weighted by molar-refractivity contribution is -0.127. The van der Waals surface area contributed by atoms with Crippen molar-refractivity contribution >= 4 is 11.6 Å². The summed E-state index contributed by atoms with van der Waals surface area (Å²) in [5.41, 5.74) is 1.76. The van der Waals surface area contributed by atoms with Crippen molar-refractivity contribution in [1.82, 2.24) is 0 Å². The molecule has 0 saturated heterocycles. The fourth-order valence-corrected chi connectivity index (χ4v) is 1.75. The highest BCUT2D eigenvalue weighted by atomic mass is 16.5. The number of benzene rings is 1. The maximum absolute atomic E-state index is 11.5. The van der Waals surface area contributed by atoms with E-state index in [0.29, 0.717) is 22.7 Å². The van der Waals surface area contributed by atoms with E-state index in [4.69, 9.17) is 5.26 Å². The number of hydrogen-bond acceptors (Lipinski definition) is 3.